The zero-order valence-corrected chi connectivity index (χ0v) is 11.0. The highest BCUT2D eigenvalue weighted by Gasteiger charge is 2.33. The minimum Gasteiger partial charge on any atom is -0.480 e. The fourth-order valence-corrected chi connectivity index (χ4v) is 1.42. The van der Waals surface area contributed by atoms with E-state index in [0.717, 1.165) is 0 Å². The summed E-state index contributed by atoms with van der Waals surface area (Å²) in [6.07, 6.45) is 0. The Labute approximate surface area is 106 Å². The number of amides is 2. The number of aliphatic carboxylic acids is 1. The third-order valence-electron chi connectivity index (χ3n) is 2.41. The highest BCUT2D eigenvalue weighted by Crippen LogP contribution is 2.19. The van der Waals surface area contributed by atoms with Crippen LogP contribution in [0.15, 0.2) is 0 Å². The van der Waals surface area contributed by atoms with Gasteiger partial charge in [0.1, 0.15) is 6.04 Å². The molecular weight excluding hydrogens is 240 g/mol. The highest BCUT2D eigenvalue weighted by molar-refractivity contribution is 5.83. The highest BCUT2D eigenvalue weighted by atomic mass is 16.4. The molecule has 0 spiro atoms. The van der Waals surface area contributed by atoms with E-state index in [1.165, 1.54) is 4.90 Å². The van der Waals surface area contributed by atoms with Gasteiger partial charge in [0.2, 0.25) is 0 Å². The van der Waals surface area contributed by atoms with Gasteiger partial charge in [-0.15, -0.1) is 0 Å². The molecule has 0 saturated carbocycles. The molecule has 18 heavy (non-hydrogen) atoms. The summed E-state index contributed by atoms with van der Waals surface area (Å²) in [6, 6.07) is -1.65. The Morgan fingerprint density at radius 1 is 1.17 bits per heavy atom. The zero-order chi connectivity index (χ0) is 14.3. The van der Waals surface area contributed by atoms with E-state index in [4.69, 9.17) is 15.3 Å². The molecule has 7 nitrogen and oxygen atoms in total. The lowest BCUT2D eigenvalue weighted by atomic mass is 9.87. The maximum atomic E-state index is 11.8. The first-order valence-electron chi connectivity index (χ1n) is 5.74. The van der Waals surface area contributed by atoms with Crippen LogP contribution < -0.4 is 5.32 Å². The van der Waals surface area contributed by atoms with Gasteiger partial charge in [-0.2, -0.15) is 0 Å². The quantitative estimate of drug-likeness (QED) is 0.515. The zero-order valence-electron chi connectivity index (χ0n) is 11.0. The van der Waals surface area contributed by atoms with Crippen LogP contribution in [0.5, 0.6) is 0 Å². The number of hydrogen-bond acceptors (Lipinski definition) is 4. The van der Waals surface area contributed by atoms with E-state index in [1.54, 1.807) is 20.8 Å². The van der Waals surface area contributed by atoms with Crippen LogP contribution in [-0.4, -0.2) is 64.6 Å². The van der Waals surface area contributed by atoms with Crippen molar-refractivity contribution >= 4 is 12.0 Å². The minimum atomic E-state index is -1.12. The van der Waals surface area contributed by atoms with Gasteiger partial charge in [0, 0.05) is 13.1 Å². The molecular formula is C11H22N2O5. The van der Waals surface area contributed by atoms with E-state index in [1.807, 2.05) is 0 Å². The second-order valence-corrected chi connectivity index (χ2v) is 5.02. The average Bonchev–Trinajstić information content (AvgIpc) is 2.23. The topological polar surface area (TPSA) is 110 Å². The summed E-state index contributed by atoms with van der Waals surface area (Å²) in [5.74, 6) is -1.12. The summed E-state index contributed by atoms with van der Waals surface area (Å²) >= 11 is 0. The number of rotatable bonds is 6. The Morgan fingerprint density at radius 3 is 1.89 bits per heavy atom. The third kappa shape index (κ3) is 5.33. The molecule has 0 fully saturated rings. The smallest absolute Gasteiger partial charge is 0.326 e. The van der Waals surface area contributed by atoms with Gasteiger partial charge in [-0.3, -0.25) is 0 Å². The van der Waals surface area contributed by atoms with Gasteiger partial charge in [0.05, 0.1) is 13.2 Å². The van der Waals surface area contributed by atoms with Crippen molar-refractivity contribution in [1.82, 2.24) is 10.2 Å². The monoisotopic (exact) mass is 262 g/mol. The van der Waals surface area contributed by atoms with Gasteiger partial charge in [0.25, 0.3) is 0 Å². The minimum absolute atomic E-state index is 0.0445. The molecule has 0 aromatic carbocycles. The van der Waals surface area contributed by atoms with Crippen molar-refractivity contribution in [3.63, 3.8) is 0 Å². The number of aliphatic hydroxyl groups excluding tert-OH is 2. The van der Waals surface area contributed by atoms with Crippen molar-refractivity contribution in [2.24, 2.45) is 5.41 Å². The van der Waals surface area contributed by atoms with Crippen molar-refractivity contribution < 1.29 is 24.9 Å². The summed E-state index contributed by atoms with van der Waals surface area (Å²) in [5.41, 5.74) is -0.633. The summed E-state index contributed by atoms with van der Waals surface area (Å²) in [4.78, 5) is 24.1. The lowest BCUT2D eigenvalue weighted by molar-refractivity contribution is -0.142. The molecule has 106 valence electrons. The van der Waals surface area contributed by atoms with E-state index in [0.29, 0.717) is 0 Å². The fraction of sp³-hybridized carbons (Fsp3) is 0.818. The number of urea groups is 1. The molecule has 0 bridgehead atoms. The van der Waals surface area contributed by atoms with E-state index in [2.05, 4.69) is 5.32 Å². The Kier molecular flexibility index (Phi) is 6.64. The van der Waals surface area contributed by atoms with Gasteiger partial charge < -0.3 is 25.5 Å². The number of carboxylic acid groups (broad SMARTS) is 1. The van der Waals surface area contributed by atoms with Crippen LogP contribution in [-0.2, 0) is 4.79 Å². The molecule has 1 atom stereocenters. The molecule has 4 N–H and O–H groups in total. The summed E-state index contributed by atoms with van der Waals surface area (Å²) in [6.45, 7) is 4.70. The molecule has 0 saturated heterocycles. The molecule has 0 aliphatic carbocycles. The van der Waals surface area contributed by atoms with Gasteiger partial charge in [-0.25, -0.2) is 9.59 Å². The lowest BCUT2D eigenvalue weighted by Crippen LogP contribution is -2.54. The first-order valence-corrected chi connectivity index (χ1v) is 5.74. The average molecular weight is 262 g/mol. The Balaban J connectivity index is 4.71. The molecule has 0 aliphatic rings. The molecule has 7 heteroatoms. The molecule has 0 rings (SSSR count). The molecule has 2 amide bonds. The maximum Gasteiger partial charge on any atom is 0.326 e. The van der Waals surface area contributed by atoms with Crippen LogP contribution in [0.25, 0.3) is 0 Å². The molecule has 0 aliphatic heterocycles. The number of hydrogen-bond donors (Lipinski definition) is 4. The number of nitrogens with one attached hydrogen (secondary N) is 1. The third-order valence-corrected chi connectivity index (χ3v) is 2.41. The maximum absolute atomic E-state index is 11.8. The second-order valence-electron chi connectivity index (χ2n) is 5.02. The number of aliphatic hydroxyl groups is 2. The summed E-state index contributed by atoms with van der Waals surface area (Å²) in [7, 11) is 0. The van der Waals surface area contributed by atoms with E-state index >= 15 is 0 Å². The Morgan fingerprint density at radius 2 is 1.61 bits per heavy atom. The first kappa shape index (κ1) is 16.7. The predicted octanol–water partition coefficient (Wildman–Crippen LogP) is -0.518. The van der Waals surface area contributed by atoms with Crippen LogP contribution in [0, 0.1) is 5.41 Å². The van der Waals surface area contributed by atoms with Crippen LogP contribution in [0.3, 0.4) is 0 Å². The number of carbonyl (C=O) groups excluding carboxylic acids is 1. The SMILES string of the molecule is CC(C)(C)C(NC(=O)N(CCO)CCO)C(=O)O. The predicted molar refractivity (Wildman–Crippen MR) is 65.2 cm³/mol. The lowest BCUT2D eigenvalue weighted by Gasteiger charge is -2.30. The molecule has 0 aromatic heterocycles. The normalized spacial score (nSPS) is 12.9. The van der Waals surface area contributed by atoms with Crippen molar-refractivity contribution in [2.75, 3.05) is 26.3 Å². The molecule has 1 unspecified atom stereocenters. The number of carbonyl (C=O) groups is 2. The molecule has 0 heterocycles. The summed E-state index contributed by atoms with van der Waals surface area (Å²) < 4.78 is 0. The van der Waals surface area contributed by atoms with Crippen molar-refractivity contribution in [2.45, 2.75) is 26.8 Å². The fourth-order valence-electron chi connectivity index (χ4n) is 1.42. The second kappa shape index (κ2) is 7.17. The molecule has 0 aromatic rings. The number of nitrogens with zero attached hydrogens (tertiary/aromatic N) is 1. The molecule has 0 radical (unpaired) electrons. The Hall–Kier alpha value is -1.34. The van der Waals surface area contributed by atoms with Crippen LogP contribution >= 0.6 is 0 Å². The van der Waals surface area contributed by atoms with Crippen molar-refractivity contribution in [3.05, 3.63) is 0 Å². The first-order chi connectivity index (χ1) is 8.23. The van der Waals surface area contributed by atoms with Gasteiger partial charge in [0.15, 0.2) is 0 Å². The van der Waals surface area contributed by atoms with E-state index < -0.39 is 23.5 Å². The van der Waals surface area contributed by atoms with Crippen LogP contribution in [0.1, 0.15) is 20.8 Å². The van der Waals surface area contributed by atoms with Gasteiger partial charge in [-0.1, -0.05) is 20.8 Å². The van der Waals surface area contributed by atoms with Crippen molar-refractivity contribution in [3.8, 4) is 0 Å². The van der Waals surface area contributed by atoms with Gasteiger partial charge >= 0.3 is 12.0 Å². The Bertz CT molecular complexity index is 282. The van der Waals surface area contributed by atoms with E-state index in [-0.39, 0.29) is 26.3 Å². The van der Waals surface area contributed by atoms with Crippen LogP contribution in [0.4, 0.5) is 4.79 Å². The van der Waals surface area contributed by atoms with Crippen LogP contribution in [0.2, 0.25) is 0 Å². The summed E-state index contributed by atoms with van der Waals surface area (Å²) in [5, 5.41) is 29.1. The van der Waals surface area contributed by atoms with Gasteiger partial charge in [-0.05, 0) is 5.41 Å². The number of carboxylic acids is 1. The van der Waals surface area contributed by atoms with E-state index in [9.17, 15) is 9.59 Å². The standard InChI is InChI=1S/C11H22N2O5/c1-11(2,3)8(9(16)17)12-10(18)13(4-6-14)5-7-15/h8,14-15H,4-7H2,1-3H3,(H,12,18)(H,16,17). The largest absolute Gasteiger partial charge is 0.480 e. The van der Waals surface area contributed by atoms with Crippen molar-refractivity contribution in [1.29, 1.82) is 0 Å².